The third kappa shape index (κ3) is 1.77. The van der Waals surface area contributed by atoms with Crippen molar-refractivity contribution in [2.24, 2.45) is 0 Å². The van der Waals surface area contributed by atoms with Gasteiger partial charge >= 0.3 is 0 Å². The summed E-state index contributed by atoms with van der Waals surface area (Å²) >= 11 is 3.21. The summed E-state index contributed by atoms with van der Waals surface area (Å²) in [5, 5.41) is 5.12. The van der Waals surface area contributed by atoms with Gasteiger partial charge in [-0.05, 0) is 40.4 Å². The molecule has 0 saturated heterocycles. The van der Waals surface area contributed by atoms with Crippen LogP contribution in [0.15, 0.2) is 53.4 Å². The van der Waals surface area contributed by atoms with Crippen molar-refractivity contribution in [1.82, 2.24) is 4.98 Å². The van der Waals surface area contributed by atoms with Crippen molar-refractivity contribution in [2.45, 2.75) is 0 Å². The zero-order valence-corrected chi connectivity index (χ0v) is 12.0. The number of carbonyl (C=O) groups excluding carboxylic acids is 1. The summed E-state index contributed by atoms with van der Waals surface area (Å²) in [5.74, 6) is 0.0425. The number of thiophene rings is 2. The van der Waals surface area contributed by atoms with E-state index in [2.05, 4.69) is 4.98 Å². The molecule has 0 atom stereocenters. The molecule has 20 heavy (non-hydrogen) atoms. The van der Waals surface area contributed by atoms with Crippen molar-refractivity contribution >= 4 is 48.8 Å². The van der Waals surface area contributed by atoms with Gasteiger partial charge < -0.3 is 0 Å². The fourth-order valence-corrected chi connectivity index (χ4v) is 3.99. The maximum Gasteiger partial charge on any atom is 0.196 e. The Kier molecular flexibility index (Phi) is 2.65. The summed E-state index contributed by atoms with van der Waals surface area (Å²) in [6.07, 6.45) is 1.67. The molecule has 96 valence electrons. The molecule has 0 radical (unpaired) electrons. The molecule has 0 fully saturated rings. The lowest BCUT2D eigenvalue weighted by molar-refractivity contribution is 0.104. The summed E-state index contributed by atoms with van der Waals surface area (Å²) < 4.78 is 2.10. The number of benzene rings is 1. The number of aromatic nitrogens is 1. The van der Waals surface area contributed by atoms with Gasteiger partial charge in [-0.15, -0.1) is 22.7 Å². The second-order valence-electron chi connectivity index (χ2n) is 4.50. The van der Waals surface area contributed by atoms with Crippen molar-refractivity contribution in [3.63, 3.8) is 0 Å². The summed E-state index contributed by atoms with van der Waals surface area (Å²) in [4.78, 5) is 17.0. The first-order chi connectivity index (χ1) is 9.83. The Balaban J connectivity index is 1.88. The minimum atomic E-state index is 0.0425. The van der Waals surface area contributed by atoms with Gasteiger partial charge in [0.15, 0.2) is 5.78 Å². The van der Waals surface area contributed by atoms with Crippen LogP contribution in [0.4, 0.5) is 0 Å². The van der Waals surface area contributed by atoms with Gasteiger partial charge in [0, 0.05) is 22.0 Å². The first-order valence-electron chi connectivity index (χ1n) is 6.17. The molecule has 0 aliphatic heterocycles. The number of rotatable bonds is 2. The van der Waals surface area contributed by atoms with Crippen LogP contribution in [0.5, 0.6) is 0 Å². The molecule has 1 aromatic carbocycles. The SMILES string of the molecule is O=C(c1cnc2ccsc2c1)c1cccc2ccsc12. The second-order valence-corrected chi connectivity index (χ2v) is 6.37. The molecular formula is C16H9NOS2. The number of fused-ring (bicyclic) bond motifs is 2. The van der Waals surface area contributed by atoms with Gasteiger partial charge in [0.05, 0.1) is 10.2 Å². The van der Waals surface area contributed by atoms with Crippen molar-refractivity contribution in [1.29, 1.82) is 0 Å². The van der Waals surface area contributed by atoms with E-state index in [0.717, 1.165) is 25.9 Å². The summed E-state index contributed by atoms with van der Waals surface area (Å²) in [5.41, 5.74) is 2.36. The second kappa shape index (κ2) is 4.51. The summed E-state index contributed by atoms with van der Waals surface area (Å²) in [7, 11) is 0. The standard InChI is InChI=1S/C16H9NOS2/c18-15(11-8-14-13(17-9-11)5-7-19-14)12-3-1-2-10-4-6-20-16(10)12/h1-9H. The Hall–Kier alpha value is -2.04. The highest BCUT2D eigenvalue weighted by atomic mass is 32.1. The Labute approximate surface area is 123 Å². The van der Waals surface area contributed by atoms with E-state index in [-0.39, 0.29) is 5.78 Å². The number of carbonyl (C=O) groups is 1. The van der Waals surface area contributed by atoms with E-state index in [1.54, 1.807) is 28.9 Å². The van der Waals surface area contributed by atoms with Crippen LogP contribution >= 0.6 is 22.7 Å². The van der Waals surface area contributed by atoms with Gasteiger partial charge in [0.25, 0.3) is 0 Å². The van der Waals surface area contributed by atoms with E-state index >= 15 is 0 Å². The molecule has 0 bridgehead atoms. The molecular weight excluding hydrogens is 286 g/mol. The number of hydrogen-bond donors (Lipinski definition) is 0. The monoisotopic (exact) mass is 295 g/mol. The zero-order chi connectivity index (χ0) is 13.5. The average Bonchev–Trinajstić information content (AvgIpc) is 3.13. The van der Waals surface area contributed by atoms with Crippen LogP contribution in [0.25, 0.3) is 20.3 Å². The highest BCUT2D eigenvalue weighted by Crippen LogP contribution is 2.27. The van der Waals surface area contributed by atoms with Gasteiger partial charge in [0.2, 0.25) is 0 Å². The first-order valence-corrected chi connectivity index (χ1v) is 7.93. The number of pyridine rings is 1. The molecule has 2 nitrogen and oxygen atoms in total. The topological polar surface area (TPSA) is 30.0 Å². The van der Waals surface area contributed by atoms with Gasteiger partial charge in [-0.1, -0.05) is 12.1 Å². The van der Waals surface area contributed by atoms with Crippen LogP contribution < -0.4 is 0 Å². The van der Waals surface area contributed by atoms with E-state index in [4.69, 9.17) is 0 Å². The Morgan fingerprint density at radius 1 is 1.05 bits per heavy atom. The molecule has 0 amide bonds. The van der Waals surface area contributed by atoms with Gasteiger partial charge in [-0.25, -0.2) is 0 Å². The van der Waals surface area contributed by atoms with Crippen LogP contribution in [0, 0.1) is 0 Å². The third-order valence-electron chi connectivity index (χ3n) is 3.29. The smallest absolute Gasteiger partial charge is 0.196 e. The highest BCUT2D eigenvalue weighted by molar-refractivity contribution is 7.17. The molecule has 0 spiro atoms. The van der Waals surface area contributed by atoms with Gasteiger partial charge in [-0.3, -0.25) is 9.78 Å². The van der Waals surface area contributed by atoms with Crippen LogP contribution in [0.2, 0.25) is 0 Å². The maximum atomic E-state index is 12.7. The Morgan fingerprint density at radius 2 is 1.95 bits per heavy atom. The molecule has 0 unspecified atom stereocenters. The number of hydrogen-bond acceptors (Lipinski definition) is 4. The Morgan fingerprint density at radius 3 is 2.90 bits per heavy atom. The van der Waals surface area contributed by atoms with Crippen LogP contribution in [-0.4, -0.2) is 10.8 Å². The third-order valence-corrected chi connectivity index (χ3v) is 5.11. The lowest BCUT2D eigenvalue weighted by atomic mass is 10.0. The highest BCUT2D eigenvalue weighted by Gasteiger charge is 2.14. The maximum absolute atomic E-state index is 12.7. The van der Waals surface area contributed by atoms with Crippen molar-refractivity contribution in [2.75, 3.05) is 0 Å². The molecule has 0 aliphatic carbocycles. The molecule has 3 heterocycles. The minimum Gasteiger partial charge on any atom is -0.288 e. The van der Waals surface area contributed by atoms with Crippen LogP contribution in [0.3, 0.4) is 0 Å². The number of nitrogens with zero attached hydrogens (tertiary/aromatic N) is 1. The molecule has 3 aromatic heterocycles. The molecule has 0 N–H and O–H groups in total. The van der Waals surface area contributed by atoms with Crippen molar-refractivity contribution in [3.05, 3.63) is 64.5 Å². The molecule has 4 heteroatoms. The minimum absolute atomic E-state index is 0.0425. The molecule has 0 aliphatic rings. The van der Waals surface area contributed by atoms with E-state index in [0.29, 0.717) is 5.56 Å². The molecule has 4 rings (SSSR count). The zero-order valence-electron chi connectivity index (χ0n) is 10.4. The normalized spacial score (nSPS) is 11.2. The van der Waals surface area contributed by atoms with Crippen molar-refractivity contribution in [3.8, 4) is 0 Å². The fourth-order valence-electron chi connectivity index (χ4n) is 2.30. The van der Waals surface area contributed by atoms with E-state index in [1.165, 1.54) is 0 Å². The molecule has 0 saturated carbocycles. The first kappa shape index (κ1) is 11.8. The van der Waals surface area contributed by atoms with E-state index in [9.17, 15) is 4.79 Å². The molecule has 4 aromatic rings. The van der Waals surface area contributed by atoms with Crippen LogP contribution in [-0.2, 0) is 0 Å². The van der Waals surface area contributed by atoms with E-state index in [1.807, 2.05) is 47.2 Å². The van der Waals surface area contributed by atoms with Gasteiger partial charge in [0.1, 0.15) is 0 Å². The number of ketones is 1. The quantitative estimate of drug-likeness (QED) is 0.500. The van der Waals surface area contributed by atoms with E-state index < -0.39 is 0 Å². The fraction of sp³-hybridized carbons (Fsp3) is 0. The Bertz CT molecular complexity index is 936. The average molecular weight is 295 g/mol. The van der Waals surface area contributed by atoms with Crippen LogP contribution in [0.1, 0.15) is 15.9 Å². The lowest BCUT2D eigenvalue weighted by Crippen LogP contribution is -2.01. The summed E-state index contributed by atoms with van der Waals surface area (Å²) in [6, 6.07) is 11.8. The largest absolute Gasteiger partial charge is 0.288 e. The lowest BCUT2D eigenvalue weighted by Gasteiger charge is -2.02. The van der Waals surface area contributed by atoms with Gasteiger partial charge in [-0.2, -0.15) is 0 Å². The van der Waals surface area contributed by atoms with Crippen molar-refractivity contribution < 1.29 is 4.79 Å². The predicted octanol–water partition coefficient (Wildman–Crippen LogP) is 4.74. The summed E-state index contributed by atoms with van der Waals surface area (Å²) in [6.45, 7) is 0. The predicted molar refractivity (Wildman–Crippen MR) is 84.9 cm³/mol.